The maximum Gasteiger partial charge on any atom is 0.0704 e. The summed E-state index contributed by atoms with van der Waals surface area (Å²) in [7, 11) is 0. The first-order valence-electron chi connectivity index (χ1n) is 6.91. The van der Waals surface area contributed by atoms with E-state index in [1.165, 1.54) is 11.1 Å². The minimum atomic E-state index is 0.377. The molecule has 0 fully saturated rings. The molecule has 3 rings (SSSR count). The Morgan fingerprint density at radius 3 is 2.10 bits per heavy atom. The van der Waals surface area contributed by atoms with Crippen molar-refractivity contribution >= 4 is 0 Å². The smallest absolute Gasteiger partial charge is 0.0704 e. The highest BCUT2D eigenvalue weighted by molar-refractivity contribution is 5.59. The molecule has 0 amide bonds. The van der Waals surface area contributed by atoms with E-state index < -0.39 is 0 Å². The molecule has 1 heteroatoms. The van der Waals surface area contributed by atoms with Crippen LogP contribution in [0.25, 0.3) is 11.3 Å². The average molecular weight is 259 g/mol. The molecule has 0 aliphatic rings. The van der Waals surface area contributed by atoms with E-state index in [1.54, 1.807) is 0 Å². The van der Waals surface area contributed by atoms with Gasteiger partial charge in [0.2, 0.25) is 0 Å². The van der Waals surface area contributed by atoms with Crippen LogP contribution in [-0.2, 0) is 0 Å². The van der Waals surface area contributed by atoms with Crippen molar-refractivity contribution in [3.63, 3.8) is 0 Å². The topological polar surface area (TPSA) is 12.9 Å². The van der Waals surface area contributed by atoms with Crippen molar-refractivity contribution in [3.05, 3.63) is 90.1 Å². The van der Waals surface area contributed by atoms with E-state index in [9.17, 15) is 0 Å². The summed E-state index contributed by atoms with van der Waals surface area (Å²) in [6.07, 6.45) is 1.90. The van der Waals surface area contributed by atoms with Crippen molar-refractivity contribution in [1.29, 1.82) is 0 Å². The molecule has 1 nitrogen and oxygen atoms in total. The van der Waals surface area contributed by atoms with Crippen LogP contribution in [0.3, 0.4) is 0 Å². The fraction of sp³-hybridized carbons (Fsp3) is 0.105. The summed E-state index contributed by atoms with van der Waals surface area (Å²) in [5.41, 5.74) is 4.82. The predicted molar refractivity (Wildman–Crippen MR) is 83.6 cm³/mol. The van der Waals surface area contributed by atoms with Crippen LogP contribution >= 0.6 is 0 Å². The summed E-state index contributed by atoms with van der Waals surface area (Å²) in [6.45, 7) is 2.24. The van der Waals surface area contributed by atoms with Crippen molar-refractivity contribution in [2.75, 3.05) is 0 Å². The highest BCUT2D eigenvalue weighted by Crippen LogP contribution is 2.26. The molecule has 0 bridgehead atoms. The average Bonchev–Trinajstić information content (AvgIpc) is 2.56. The van der Waals surface area contributed by atoms with Crippen molar-refractivity contribution in [2.45, 2.75) is 12.8 Å². The molecule has 0 aliphatic carbocycles. The van der Waals surface area contributed by atoms with Crippen LogP contribution in [0.2, 0.25) is 0 Å². The van der Waals surface area contributed by atoms with Gasteiger partial charge in [-0.25, -0.2) is 0 Å². The molecule has 1 unspecified atom stereocenters. The molecule has 0 saturated heterocycles. The van der Waals surface area contributed by atoms with Crippen molar-refractivity contribution in [1.82, 2.24) is 4.98 Å². The number of hydrogen-bond acceptors (Lipinski definition) is 1. The zero-order valence-electron chi connectivity index (χ0n) is 11.5. The molecular weight excluding hydrogens is 242 g/mol. The Morgan fingerprint density at radius 2 is 1.40 bits per heavy atom. The first-order valence-corrected chi connectivity index (χ1v) is 6.91. The fourth-order valence-corrected chi connectivity index (χ4v) is 2.42. The minimum absolute atomic E-state index is 0.377. The van der Waals surface area contributed by atoms with Crippen LogP contribution in [0, 0.1) is 0 Å². The molecule has 0 N–H and O–H groups in total. The van der Waals surface area contributed by atoms with Gasteiger partial charge in [0, 0.05) is 17.7 Å². The lowest BCUT2D eigenvalue weighted by Gasteiger charge is -2.13. The van der Waals surface area contributed by atoms with Crippen molar-refractivity contribution in [2.24, 2.45) is 0 Å². The zero-order chi connectivity index (χ0) is 13.8. The van der Waals surface area contributed by atoms with Gasteiger partial charge >= 0.3 is 0 Å². The molecule has 0 spiro atoms. The first-order chi connectivity index (χ1) is 9.84. The Balaban J connectivity index is 1.96. The molecule has 1 aromatic heterocycles. The molecule has 0 aliphatic heterocycles. The second-order valence-corrected chi connectivity index (χ2v) is 4.97. The number of nitrogens with zero attached hydrogens (tertiary/aromatic N) is 1. The SMILES string of the molecule is CC(c1ccccc1)c1ccnc(-c2ccccc2)c1. The minimum Gasteiger partial charge on any atom is -0.256 e. The maximum atomic E-state index is 4.49. The Bertz CT molecular complexity index is 674. The summed E-state index contributed by atoms with van der Waals surface area (Å²) < 4.78 is 0. The summed E-state index contributed by atoms with van der Waals surface area (Å²) in [6, 6.07) is 25.2. The zero-order valence-corrected chi connectivity index (χ0v) is 11.5. The van der Waals surface area contributed by atoms with Crippen LogP contribution in [-0.4, -0.2) is 4.98 Å². The number of hydrogen-bond donors (Lipinski definition) is 0. The predicted octanol–water partition coefficient (Wildman–Crippen LogP) is 4.90. The van der Waals surface area contributed by atoms with E-state index in [0.717, 1.165) is 11.3 Å². The van der Waals surface area contributed by atoms with Crippen LogP contribution < -0.4 is 0 Å². The third kappa shape index (κ3) is 2.62. The largest absolute Gasteiger partial charge is 0.256 e. The van der Waals surface area contributed by atoms with Crippen molar-refractivity contribution < 1.29 is 0 Å². The van der Waals surface area contributed by atoms with Crippen LogP contribution in [0.15, 0.2) is 79.0 Å². The Kier molecular flexibility index (Phi) is 3.60. The molecule has 3 aromatic rings. The van der Waals surface area contributed by atoms with Gasteiger partial charge in [0.05, 0.1) is 5.69 Å². The Labute approximate surface area is 119 Å². The highest BCUT2D eigenvalue weighted by atomic mass is 14.7. The third-order valence-electron chi connectivity index (χ3n) is 3.65. The maximum absolute atomic E-state index is 4.49. The van der Waals surface area contributed by atoms with E-state index in [-0.39, 0.29) is 0 Å². The number of aromatic nitrogens is 1. The molecule has 20 heavy (non-hydrogen) atoms. The summed E-state index contributed by atoms with van der Waals surface area (Å²) in [4.78, 5) is 4.49. The van der Waals surface area contributed by atoms with E-state index in [0.29, 0.717) is 5.92 Å². The second-order valence-electron chi connectivity index (χ2n) is 4.97. The van der Waals surface area contributed by atoms with Gasteiger partial charge in [-0.1, -0.05) is 67.6 Å². The standard InChI is InChI=1S/C19H17N/c1-15(16-8-4-2-5-9-16)18-12-13-20-19(14-18)17-10-6-3-7-11-17/h2-15H,1H3. The molecule has 1 atom stereocenters. The lowest BCUT2D eigenvalue weighted by Crippen LogP contribution is -1.97. The van der Waals surface area contributed by atoms with E-state index >= 15 is 0 Å². The normalized spacial score (nSPS) is 12.1. The molecular formula is C19H17N. The van der Waals surface area contributed by atoms with Crippen LogP contribution in [0.4, 0.5) is 0 Å². The van der Waals surface area contributed by atoms with E-state index in [2.05, 4.69) is 66.5 Å². The van der Waals surface area contributed by atoms with Crippen LogP contribution in [0.5, 0.6) is 0 Å². The van der Waals surface area contributed by atoms with E-state index in [4.69, 9.17) is 0 Å². The molecule has 1 heterocycles. The monoisotopic (exact) mass is 259 g/mol. The Morgan fingerprint density at radius 1 is 0.750 bits per heavy atom. The molecule has 98 valence electrons. The fourth-order valence-electron chi connectivity index (χ4n) is 2.42. The van der Waals surface area contributed by atoms with Gasteiger partial charge < -0.3 is 0 Å². The third-order valence-corrected chi connectivity index (χ3v) is 3.65. The van der Waals surface area contributed by atoms with E-state index in [1.807, 2.05) is 24.4 Å². The summed E-state index contributed by atoms with van der Waals surface area (Å²) >= 11 is 0. The summed E-state index contributed by atoms with van der Waals surface area (Å²) in [5, 5.41) is 0. The lowest BCUT2D eigenvalue weighted by molar-refractivity contribution is 0.918. The number of rotatable bonds is 3. The molecule has 0 saturated carbocycles. The van der Waals surface area contributed by atoms with Gasteiger partial charge in [-0.3, -0.25) is 4.98 Å². The lowest BCUT2D eigenvalue weighted by atomic mass is 9.93. The van der Waals surface area contributed by atoms with Gasteiger partial charge in [0.25, 0.3) is 0 Å². The number of pyridine rings is 1. The van der Waals surface area contributed by atoms with Crippen molar-refractivity contribution in [3.8, 4) is 11.3 Å². The first kappa shape index (κ1) is 12.6. The molecule has 0 radical (unpaired) electrons. The van der Waals surface area contributed by atoms with Gasteiger partial charge in [0.1, 0.15) is 0 Å². The highest BCUT2D eigenvalue weighted by Gasteiger charge is 2.09. The quantitative estimate of drug-likeness (QED) is 0.652. The van der Waals surface area contributed by atoms with Crippen LogP contribution in [0.1, 0.15) is 24.0 Å². The van der Waals surface area contributed by atoms with Gasteiger partial charge in [-0.05, 0) is 23.3 Å². The Hall–Kier alpha value is -2.41. The van der Waals surface area contributed by atoms with Gasteiger partial charge in [0.15, 0.2) is 0 Å². The van der Waals surface area contributed by atoms with Gasteiger partial charge in [-0.2, -0.15) is 0 Å². The van der Waals surface area contributed by atoms with Gasteiger partial charge in [-0.15, -0.1) is 0 Å². The second kappa shape index (κ2) is 5.70. The number of benzene rings is 2. The summed E-state index contributed by atoms with van der Waals surface area (Å²) in [5.74, 6) is 0.377. The molecule has 2 aromatic carbocycles.